The van der Waals surface area contributed by atoms with Crippen molar-refractivity contribution in [3.8, 4) is 0 Å². The summed E-state index contributed by atoms with van der Waals surface area (Å²) in [6.07, 6.45) is 7.68. The zero-order valence-electron chi connectivity index (χ0n) is 8.98. The van der Waals surface area contributed by atoms with Crippen LogP contribution in [0.4, 0.5) is 0 Å². The van der Waals surface area contributed by atoms with Gasteiger partial charge in [0.15, 0.2) is 0 Å². The molecule has 0 unspecified atom stereocenters. The van der Waals surface area contributed by atoms with E-state index in [0.717, 1.165) is 44.7 Å². The molecule has 0 atom stereocenters. The fourth-order valence-corrected chi connectivity index (χ4v) is 2.16. The maximum atomic E-state index is 9.37. The zero-order chi connectivity index (χ0) is 10.5. The van der Waals surface area contributed by atoms with Gasteiger partial charge < -0.3 is 14.8 Å². The van der Waals surface area contributed by atoms with Gasteiger partial charge in [0, 0.05) is 12.1 Å². The standard InChI is InChI=1S/C12H19NO2/c14-12-3-1-10(2-4-12)7-13-8-11-5-6-15-9-11/h5-6,9-10,12-14H,1-4,7-8H2. The molecule has 1 saturated carbocycles. The first-order valence-electron chi connectivity index (χ1n) is 5.74. The second-order valence-corrected chi connectivity index (χ2v) is 4.44. The van der Waals surface area contributed by atoms with E-state index >= 15 is 0 Å². The quantitative estimate of drug-likeness (QED) is 0.796. The summed E-state index contributed by atoms with van der Waals surface area (Å²) in [5, 5.41) is 12.8. The van der Waals surface area contributed by atoms with Crippen molar-refractivity contribution in [3.05, 3.63) is 24.2 Å². The van der Waals surface area contributed by atoms with E-state index in [-0.39, 0.29) is 6.10 Å². The van der Waals surface area contributed by atoms with Crippen LogP contribution in [0, 0.1) is 5.92 Å². The number of aliphatic hydroxyl groups is 1. The third-order valence-electron chi connectivity index (χ3n) is 3.16. The Bertz CT molecular complexity index is 263. The summed E-state index contributed by atoms with van der Waals surface area (Å²) in [6, 6.07) is 1.98. The Morgan fingerprint density at radius 1 is 1.33 bits per heavy atom. The van der Waals surface area contributed by atoms with Crippen molar-refractivity contribution in [2.24, 2.45) is 5.92 Å². The Morgan fingerprint density at radius 2 is 2.13 bits per heavy atom. The van der Waals surface area contributed by atoms with Gasteiger partial charge in [-0.1, -0.05) is 0 Å². The van der Waals surface area contributed by atoms with Crippen LogP contribution in [0.1, 0.15) is 31.2 Å². The highest BCUT2D eigenvalue weighted by Crippen LogP contribution is 2.23. The molecule has 2 rings (SSSR count). The number of nitrogens with one attached hydrogen (secondary N) is 1. The molecule has 3 heteroatoms. The summed E-state index contributed by atoms with van der Waals surface area (Å²) in [4.78, 5) is 0. The van der Waals surface area contributed by atoms with Gasteiger partial charge in [-0.25, -0.2) is 0 Å². The molecule has 0 bridgehead atoms. The molecule has 1 aliphatic rings. The van der Waals surface area contributed by atoms with Gasteiger partial charge in [-0.2, -0.15) is 0 Å². The van der Waals surface area contributed by atoms with E-state index in [1.54, 1.807) is 12.5 Å². The molecular weight excluding hydrogens is 190 g/mol. The van der Waals surface area contributed by atoms with Crippen molar-refractivity contribution in [1.29, 1.82) is 0 Å². The van der Waals surface area contributed by atoms with E-state index in [1.807, 2.05) is 6.07 Å². The van der Waals surface area contributed by atoms with Gasteiger partial charge in [-0.3, -0.25) is 0 Å². The van der Waals surface area contributed by atoms with E-state index in [4.69, 9.17) is 4.42 Å². The fraction of sp³-hybridized carbons (Fsp3) is 0.667. The summed E-state index contributed by atoms with van der Waals surface area (Å²) in [5.41, 5.74) is 1.20. The summed E-state index contributed by atoms with van der Waals surface area (Å²) < 4.78 is 5.00. The van der Waals surface area contributed by atoms with Gasteiger partial charge >= 0.3 is 0 Å². The smallest absolute Gasteiger partial charge is 0.0947 e. The molecule has 1 heterocycles. The van der Waals surface area contributed by atoms with Crippen molar-refractivity contribution in [2.75, 3.05) is 6.54 Å². The van der Waals surface area contributed by atoms with Gasteiger partial charge in [0.1, 0.15) is 0 Å². The molecule has 0 aliphatic heterocycles. The molecule has 2 N–H and O–H groups in total. The van der Waals surface area contributed by atoms with Crippen molar-refractivity contribution in [1.82, 2.24) is 5.32 Å². The van der Waals surface area contributed by atoms with Crippen molar-refractivity contribution in [2.45, 2.75) is 38.3 Å². The van der Waals surface area contributed by atoms with E-state index in [9.17, 15) is 5.11 Å². The minimum atomic E-state index is -0.0462. The molecular formula is C12H19NO2. The van der Waals surface area contributed by atoms with Crippen LogP contribution in [0.3, 0.4) is 0 Å². The SMILES string of the molecule is OC1CCC(CNCc2ccoc2)CC1. The molecule has 1 aromatic rings. The van der Waals surface area contributed by atoms with Crippen LogP contribution in [0.2, 0.25) is 0 Å². The van der Waals surface area contributed by atoms with Crippen LogP contribution in [0.25, 0.3) is 0 Å². The van der Waals surface area contributed by atoms with E-state index in [0.29, 0.717) is 0 Å². The van der Waals surface area contributed by atoms with Gasteiger partial charge in [0.25, 0.3) is 0 Å². The first-order chi connectivity index (χ1) is 7.34. The Kier molecular flexibility index (Phi) is 3.80. The van der Waals surface area contributed by atoms with Crippen LogP contribution in [-0.2, 0) is 6.54 Å². The molecule has 15 heavy (non-hydrogen) atoms. The average Bonchev–Trinajstić information content (AvgIpc) is 2.74. The van der Waals surface area contributed by atoms with Gasteiger partial charge in [-0.15, -0.1) is 0 Å². The van der Waals surface area contributed by atoms with Gasteiger partial charge in [0.2, 0.25) is 0 Å². The lowest BCUT2D eigenvalue weighted by Gasteiger charge is -2.25. The Morgan fingerprint density at radius 3 is 2.80 bits per heavy atom. The maximum Gasteiger partial charge on any atom is 0.0947 e. The fourth-order valence-electron chi connectivity index (χ4n) is 2.16. The normalized spacial score (nSPS) is 26.7. The second kappa shape index (κ2) is 5.33. The van der Waals surface area contributed by atoms with E-state index < -0.39 is 0 Å². The summed E-state index contributed by atoms with van der Waals surface area (Å²) in [6.45, 7) is 1.94. The summed E-state index contributed by atoms with van der Waals surface area (Å²) in [5.74, 6) is 0.736. The van der Waals surface area contributed by atoms with Gasteiger partial charge in [0.05, 0.1) is 18.6 Å². The Hall–Kier alpha value is -0.800. The molecule has 1 aromatic heterocycles. The summed E-state index contributed by atoms with van der Waals surface area (Å²) >= 11 is 0. The molecule has 1 aliphatic carbocycles. The minimum Gasteiger partial charge on any atom is -0.472 e. The van der Waals surface area contributed by atoms with Crippen molar-refractivity contribution >= 4 is 0 Å². The first kappa shape index (κ1) is 10.7. The number of rotatable bonds is 4. The van der Waals surface area contributed by atoms with Crippen LogP contribution < -0.4 is 5.32 Å². The highest BCUT2D eigenvalue weighted by Gasteiger charge is 2.18. The minimum absolute atomic E-state index is 0.0462. The van der Waals surface area contributed by atoms with E-state index in [2.05, 4.69) is 5.32 Å². The predicted molar refractivity (Wildman–Crippen MR) is 58.4 cm³/mol. The second-order valence-electron chi connectivity index (χ2n) is 4.44. The lowest BCUT2D eigenvalue weighted by Crippen LogP contribution is -2.27. The third kappa shape index (κ3) is 3.36. The summed E-state index contributed by atoms with van der Waals surface area (Å²) in [7, 11) is 0. The van der Waals surface area contributed by atoms with Crippen molar-refractivity contribution in [3.63, 3.8) is 0 Å². The average molecular weight is 209 g/mol. The molecule has 0 radical (unpaired) electrons. The van der Waals surface area contributed by atoms with Crippen LogP contribution in [-0.4, -0.2) is 17.8 Å². The number of aliphatic hydroxyl groups excluding tert-OH is 1. The molecule has 0 amide bonds. The first-order valence-corrected chi connectivity index (χ1v) is 5.74. The van der Waals surface area contributed by atoms with Crippen molar-refractivity contribution < 1.29 is 9.52 Å². The topological polar surface area (TPSA) is 45.4 Å². The molecule has 0 aromatic carbocycles. The lowest BCUT2D eigenvalue weighted by molar-refractivity contribution is 0.108. The molecule has 1 fully saturated rings. The highest BCUT2D eigenvalue weighted by atomic mass is 16.3. The Balaban J connectivity index is 1.62. The number of hydrogen-bond acceptors (Lipinski definition) is 3. The lowest BCUT2D eigenvalue weighted by atomic mass is 9.87. The Labute approximate surface area is 90.5 Å². The molecule has 0 saturated heterocycles. The molecule has 3 nitrogen and oxygen atoms in total. The van der Waals surface area contributed by atoms with Crippen LogP contribution in [0.5, 0.6) is 0 Å². The van der Waals surface area contributed by atoms with E-state index in [1.165, 1.54) is 5.56 Å². The third-order valence-corrected chi connectivity index (χ3v) is 3.16. The molecule has 0 spiro atoms. The maximum absolute atomic E-state index is 9.37. The van der Waals surface area contributed by atoms with Crippen LogP contribution >= 0.6 is 0 Å². The van der Waals surface area contributed by atoms with Crippen LogP contribution in [0.15, 0.2) is 23.0 Å². The number of furan rings is 1. The largest absolute Gasteiger partial charge is 0.472 e. The zero-order valence-corrected chi connectivity index (χ0v) is 8.98. The molecule has 84 valence electrons. The van der Waals surface area contributed by atoms with Gasteiger partial charge in [-0.05, 0) is 44.2 Å². The monoisotopic (exact) mass is 209 g/mol. The highest BCUT2D eigenvalue weighted by molar-refractivity contribution is 5.04. The number of hydrogen-bond donors (Lipinski definition) is 2. The predicted octanol–water partition coefficient (Wildman–Crippen LogP) is 1.92.